The molecule has 2 N–H and O–H groups in total. The third-order valence-electron chi connectivity index (χ3n) is 3.27. The second-order valence-corrected chi connectivity index (χ2v) is 6.85. The Morgan fingerprint density at radius 1 is 1.04 bits per heavy atom. The Morgan fingerprint density at radius 3 is 2.44 bits per heavy atom. The van der Waals surface area contributed by atoms with E-state index in [0.29, 0.717) is 11.3 Å². The Hall–Kier alpha value is -2.71. The van der Waals surface area contributed by atoms with Gasteiger partial charge in [-0.2, -0.15) is 0 Å². The number of carbonyl (C=O) groups is 2. The van der Waals surface area contributed by atoms with Gasteiger partial charge in [0.05, 0.1) is 17.6 Å². The molecule has 0 spiro atoms. The van der Waals surface area contributed by atoms with Gasteiger partial charge in [-0.25, -0.2) is 17.9 Å². The summed E-state index contributed by atoms with van der Waals surface area (Å²) in [6, 6.07) is 14.2. The van der Waals surface area contributed by atoms with E-state index in [2.05, 4.69) is 14.8 Å². The Balaban J connectivity index is 1.88. The monoisotopic (exact) mass is 362 g/mol. The highest BCUT2D eigenvalue weighted by Gasteiger charge is 2.13. The number of hydrogen-bond donors (Lipinski definition) is 2. The first kappa shape index (κ1) is 18.6. The number of hydrogen-bond acceptors (Lipinski definition) is 5. The van der Waals surface area contributed by atoms with E-state index in [1.807, 2.05) is 0 Å². The number of benzene rings is 2. The topological polar surface area (TPSA) is 102 Å². The Morgan fingerprint density at radius 2 is 1.76 bits per heavy atom. The third-order valence-corrected chi connectivity index (χ3v) is 4.74. The van der Waals surface area contributed by atoms with Gasteiger partial charge in [-0.05, 0) is 30.3 Å². The lowest BCUT2D eigenvalue weighted by atomic mass is 10.2. The third kappa shape index (κ3) is 5.40. The zero-order chi connectivity index (χ0) is 18.3. The molecular weight excluding hydrogens is 344 g/mol. The summed E-state index contributed by atoms with van der Waals surface area (Å²) >= 11 is 0. The summed E-state index contributed by atoms with van der Waals surface area (Å²) in [6.45, 7) is -0.0419. The minimum absolute atomic E-state index is 0.0419. The summed E-state index contributed by atoms with van der Waals surface area (Å²) in [6.07, 6.45) is -0.0471. The number of nitrogens with one attached hydrogen (secondary N) is 2. The van der Waals surface area contributed by atoms with Crippen LogP contribution in [0, 0.1) is 0 Å². The normalized spacial score (nSPS) is 10.9. The van der Waals surface area contributed by atoms with Crippen LogP contribution < -0.4 is 10.0 Å². The largest absolute Gasteiger partial charge is 0.465 e. The number of methoxy groups -OCH3 is 1. The van der Waals surface area contributed by atoms with E-state index in [-0.39, 0.29) is 23.8 Å². The zero-order valence-electron chi connectivity index (χ0n) is 13.6. The van der Waals surface area contributed by atoms with Crippen LogP contribution in [0.3, 0.4) is 0 Å². The van der Waals surface area contributed by atoms with Gasteiger partial charge < -0.3 is 10.1 Å². The summed E-state index contributed by atoms with van der Waals surface area (Å²) in [5, 5.41) is 2.61. The molecule has 0 aliphatic heterocycles. The van der Waals surface area contributed by atoms with E-state index >= 15 is 0 Å². The predicted octanol–water partition coefficient (Wildman–Crippen LogP) is 1.78. The fourth-order valence-electron chi connectivity index (χ4n) is 2.05. The van der Waals surface area contributed by atoms with Crippen LogP contribution >= 0.6 is 0 Å². The van der Waals surface area contributed by atoms with Crippen molar-refractivity contribution in [3.63, 3.8) is 0 Å². The van der Waals surface area contributed by atoms with Gasteiger partial charge in [-0.15, -0.1) is 0 Å². The first-order valence-electron chi connectivity index (χ1n) is 7.45. The van der Waals surface area contributed by atoms with Gasteiger partial charge >= 0.3 is 5.97 Å². The van der Waals surface area contributed by atoms with Gasteiger partial charge in [0.15, 0.2) is 0 Å². The summed E-state index contributed by atoms with van der Waals surface area (Å²) in [7, 11) is -2.37. The minimum Gasteiger partial charge on any atom is -0.465 e. The molecule has 0 atom stereocenters. The van der Waals surface area contributed by atoms with Gasteiger partial charge in [-0.1, -0.05) is 24.3 Å². The van der Waals surface area contributed by atoms with Crippen molar-refractivity contribution >= 4 is 27.6 Å². The molecule has 2 aromatic carbocycles. The Kier molecular flexibility index (Phi) is 6.26. The number of carbonyl (C=O) groups excluding carboxylic acids is 2. The molecule has 0 aromatic heterocycles. The maximum absolute atomic E-state index is 12.0. The van der Waals surface area contributed by atoms with Crippen LogP contribution in [0.5, 0.6) is 0 Å². The second-order valence-electron chi connectivity index (χ2n) is 5.08. The van der Waals surface area contributed by atoms with Crippen LogP contribution in [0.2, 0.25) is 0 Å². The maximum Gasteiger partial charge on any atom is 0.337 e. The highest BCUT2D eigenvalue weighted by Crippen LogP contribution is 2.12. The standard InChI is InChI=1S/C17H18N2O5S/c1-24-17(21)13-6-5-7-14(12-13)19-16(20)10-11-18-25(22,23)15-8-3-2-4-9-15/h2-9,12,18H,10-11H2,1H3,(H,19,20). The molecule has 0 unspecified atom stereocenters. The molecule has 0 aliphatic rings. The van der Waals surface area contributed by atoms with Crippen molar-refractivity contribution in [3.05, 3.63) is 60.2 Å². The van der Waals surface area contributed by atoms with Crippen molar-refractivity contribution in [1.29, 1.82) is 0 Å². The van der Waals surface area contributed by atoms with Gasteiger partial charge in [0.2, 0.25) is 15.9 Å². The van der Waals surface area contributed by atoms with Crippen LogP contribution in [0.1, 0.15) is 16.8 Å². The van der Waals surface area contributed by atoms with Crippen molar-refractivity contribution in [2.75, 3.05) is 19.0 Å². The van der Waals surface area contributed by atoms with Crippen molar-refractivity contribution in [1.82, 2.24) is 4.72 Å². The first-order chi connectivity index (χ1) is 11.9. The van der Waals surface area contributed by atoms with Crippen LogP contribution in [0.25, 0.3) is 0 Å². The highest BCUT2D eigenvalue weighted by molar-refractivity contribution is 7.89. The van der Waals surface area contributed by atoms with Gasteiger partial charge in [0.1, 0.15) is 0 Å². The lowest BCUT2D eigenvalue weighted by Gasteiger charge is -2.08. The average molecular weight is 362 g/mol. The molecule has 0 bridgehead atoms. The molecule has 132 valence electrons. The maximum atomic E-state index is 12.0. The van der Waals surface area contributed by atoms with Gasteiger partial charge in [-0.3, -0.25) is 4.79 Å². The van der Waals surface area contributed by atoms with E-state index in [9.17, 15) is 18.0 Å². The summed E-state index contributed by atoms with van der Waals surface area (Å²) < 4.78 is 31.0. The molecular formula is C17H18N2O5S. The molecule has 0 fully saturated rings. The van der Waals surface area contributed by atoms with E-state index < -0.39 is 16.0 Å². The van der Waals surface area contributed by atoms with E-state index in [4.69, 9.17) is 0 Å². The molecule has 0 saturated heterocycles. The zero-order valence-corrected chi connectivity index (χ0v) is 14.4. The smallest absolute Gasteiger partial charge is 0.337 e. The van der Waals surface area contributed by atoms with Crippen LogP contribution in [0.15, 0.2) is 59.5 Å². The van der Waals surface area contributed by atoms with Crippen molar-refractivity contribution in [3.8, 4) is 0 Å². The van der Waals surface area contributed by atoms with E-state index in [1.54, 1.807) is 36.4 Å². The molecule has 1 amide bonds. The van der Waals surface area contributed by atoms with Crippen LogP contribution in [-0.2, 0) is 19.6 Å². The first-order valence-corrected chi connectivity index (χ1v) is 8.93. The molecule has 2 aromatic rings. The van der Waals surface area contributed by atoms with Gasteiger partial charge in [0, 0.05) is 18.7 Å². The predicted molar refractivity (Wildman–Crippen MR) is 92.7 cm³/mol. The fourth-order valence-corrected chi connectivity index (χ4v) is 3.10. The molecule has 2 rings (SSSR count). The Labute approximate surface area is 146 Å². The summed E-state index contributed by atoms with van der Waals surface area (Å²) in [5.41, 5.74) is 0.740. The number of anilines is 1. The number of rotatable bonds is 7. The SMILES string of the molecule is COC(=O)c1cccc(NC(=O)CCNS(=O)(=O)c2ccccc2)c1. The quantitative estimate of drug-likeness (QED) is 0.731. The summed E-state index contributed by atoms with van der Waals surface area (Å²) in [4.78, 5) is 23.5. The Bertz CT molecular complexity index is 850. The van der Waals surface area contributed by atoms with Crippen LogP contribution in [-0.4, -0.2) is 33.9 Å². The number of esters is 1. The van der Waals surface area contributed by atoms with Crippen molar-refractivity contribution in [2.45, 2.75) is 11.3 Å². The highest BCUT2D eigenvalue weighted by atomic mass is 32.2. The summed E-state index contributed by atoms with van der Waals surface area (Å²) in [5.74, 6) is -0.885. The molecule has 0 radical (unpaired) electrons. The minimum atomic E-state index is -3.64. The number of amides is 1. The van der Waals surface area contributed by atoms with E-state index in [1.165, 1.54) is 25.3 Å². The van der Waals surface area contributed by atoms with Crippen LogP contribution in [0.4, 0.5) is 5.69 Å². The molecule has 0 aliphatic carbocycles. The second kappa shape index (κ2) is 8.41. The lowest BCUT2D eigenvalue weighted by molar-refractivity contribution is -0.116. The molecule has 25 heavy (non-hydrogen) atoms. The van der Waals surface area contributed by atoms with E-state index in [0.717, 1.165) is 0 Å². The average Bonchev–Trinajstić information content (AvgIpc) is 2.62. The molecule has 0 saturated carbocycles. The molecule has 7 nitrogen and oxygen atoms in total. The fraction of sp³-hybridized carbons (Fsp3) is 0.176. The van der Waals surface area contributed by atoms with Gasteiger partial charge in [0.25, 0.3) is 0 Å². The molecule has 8 heteroatoms. The van der Waals surface area contributed by atoms with Crippen molar-refractivity contribution < 1.29 is 22.7 Å². The lowest BCUT2D eigenvalue weighted by Crippen LogP contribution is -2.27. The molecule has 0 heterocycles. The van der Waals surface area contributed by atoms with Crippen molar-refractivity contribution in [2.24, 2.45) is 0 Å². The number of ether oxygens (including phenoxy) is 1. The number of sulfonamides is 1.